The Morgan fingerprint density at radius 1 is 1.53 bits per heavy atom. The molecule has 0 spiro atoms. The minimum Gasteiger partial charge on any atom is -0.504 e. The molecule has 1 aromatic carbocycles. The monoisotopic (exact) mass is 262 g/mol. The minimum absolute atomic E-state index is 0.137. The zero-order valence-electron chi connectivity index (χ0n) is 11.1. The molecule has 6 nitrogen and oxygen atoms in total. The van der Waals surface area contributed by atoms with Crippen LogP contribution in [0.5, 0.6) is 11.5 Å². The molecular weight excluding hydrogens is 244 g/mol. The van der Waals surface area contributed by atoms with Crippen LogP contribution < -0.4 is 10.2 Å². The van der Waals surface area contributed by atoms with E-state index < -0.39 is 0 Å². The SMILES string of the molecule is CCOc1cc(C=NN2CNN=C2CC)ccc1O. The van der Waals surface area contributed by atoms with Crippen LogP contribution in [0, 0.1) is 0 Å². The number of amidine groups is 1. The molecule has 0 unspecified atom stereocenters. The van der Waals surface area contributed by atoms with Gasteiger partial charge in [-0.25, -0.2) is 5.01 Å². The molecule has 6 heteroatoms. The fourth-order valence-corrected chi connectivity index (χ4v) is 1.73. The Morgan fingerprint density at radius 2 is 2.37 bits per heavy atom. The molecule has 0 aromatic heterocycles. The van der Waals surface area contributed by atoms with E-state index in [2.05, 4.69) is 15.6 Å². The van der Waals surface area contributed by atoms with E-state index in [4.69, 9.17) is 4.74 Å². The lowest BCUT2D eigenvalue weighted by Crippen LogP contribution is -2.23. The fourth-order valence-electron chi connectivity index (χ4n) is 1.73. The summed E-state index contributed by atoms with van der Waals surface area (Å²) in [6.45, 7) is 5.00. The predicted molar refractivity (Wildman–Crippen MR) is 74.4 cm³/mol. The van der Waals surface area contributed by atoms with Gasteiger partial charge < -0.3 is 9.84 Å². The van der Waals surface area contributed by atoms with Crippen molar-refractivity contribution in [3.63, 3.8) is 0 Å². The molecule has 1 heterocycles. The van der Waals surface area contributed by atoms with E-state index in [0.29, 0.717) is 19.0 Å². The first-order chi connectivity index (χ1) is 9.24. The lowest BCUT2D eigenvalue weighted by Gasteiger charge is -2.11. The molecule has 0 aliphatic carbocycles. The van der Waals surface area contributed by atoms with Gasteiger partial charge in [0.1, 0.15) is 12.5 Å². The Bertz CT molecular complexity index is 499. The Morgan fingerprint density at radius 3 is 3.11 bits per heavy atom. The standard InChI is InChI=1S/C13H18N4O2/c1-3-13-16-14-9-17(13)15-8-10-5-6-11(18)12(7-10)19-4-2/h5-8,14,18H,3-4,9H2,1-2H3. The molecular formula is C13H18N4O2. The van der Waals surface area contributed by atoms with E-state index >= 15 is 0 Å². The number of nitrogens with one attached hydrogen (secondary N) is 1. The Labute approximate surface area is 112 Å². The number of hydrazone groups is 2. The first kappa shape index (κ1) is 13.2. The van der Waals surface area contributed by atoms with Crippen LogP contribution in [0.15, 0.2) is 28.4 Å². The minimum atomic E-state index is 0.137. The topological polar surface area (TPSA) is 69.5 Å². The van der Waals surface area contributed by atoms with Crippen molar-refractivity contribution in [2.45, 2.75) is 20.3 Å². The van der Waals surface area contributed by atoms with Crippen molar-refractivity contribution in [1.29, 1.82) is 0 Å². The first-order valence-electron chi connectivity index (χ1n) is 6.31. The summed E-state index contributed by atoms with van der Waals surface area (Å²) in [6.07, 6.45) is 2.55. The lowest BCUT2D eigenvalue weighted by atomic mass is 10.2. The maximum absolute atomic E-state index is 9.62. The number of aromatic hydroxyl groups is 1. The molecule has 1 aliphatic rings. The van der Waals surface area contributed by atoms with Crippen molar-refractivity contribution in [2.24, 2.45) is 10.2 Å². The highest BCUT2D eigenvalue weighted by atomic mass is 16.5. The summed E-state index contributed by atoms with van der Waals surface area (Å²) in [5, 5.41) is 19.9. The highest BCUT2D eigenvalue weighted by molar-refractivity contribution is 5.86. The number of nitrogens with zero attached hydrogens (tertiary/aromatic N) is 3. The second-order valence-electron chi connectivity index (χ2n) is 4.00. The summed E-state index contributed by atoms with van der Waals surface area (Å²) in [5.74, 6) is 1.51. The van der Waals surface area contributed by atoms with Gasteiger partial charge in [-0.15, -0.1) is 0 Å². The van der Waals surface area contributed by atoms with E-state index in [-0.39, 0.29) is 5.75 Å². The summed E-state index contributed by atoms with van der Waals surface area (Å²) in [7, 11) is 0. The molecule has 0 amide bonds. The van der Waals surface area contributed by atoms with E-state index in [0.717, 1.165) is 17.8 Å². The molecule has 1 aromatic rings. The third kappa shape index (κ3) is 3.15. The van der Waals surface area contributed by atoms with Crippen molar-refractivity contribution < 1.29 is 9.84 Å². The van der Waals surface area contributed by atoms with Crippen LogP contribution in [-0.2, 0) is 0 Å². The number of ether oxygens (including phenoxy) is 1. The van der Waals surface area contributed by atoms with Crippen molar-refractivity contribution in [3.05, 3.63) is 23.8 Å². The fraction of sp³-hybridized carbons (Fsp3) is 0.385. The van der Waals surface area contributed by atoms with Gasteiger partial charge in [0, 0.05) is 6.42 Å². The molecule has 102 valence electrons. The maximum Gasteiger partial charge on any atom is 0.161 e. The van der Waals surface area contributed by atoms with E-state index in [1.807, 2.05) is 13.8 Å². The van der Waals surface area contributed by atoms with E-state index in [1.165, 1.54) is 0 Å². The third-order valence-corrected chi connectivity index (χ3v) is 2.67. The molecule has 0 saturated carbocycles. The number of benzene rings is 1. The van der Waals surface area contributed by atoms with Crippen LogP contribution in [0.3, 0.4) is 0 Å². The largest absolute Gasteiger partial charge is 0.504 e. The average molecular weight is 262 g/mol. The van der Waals surface area contributed by atoms with Gasteiger partial charge in [0.05, 0.1) is 12.8 Å². The Hall–Kier alpha value is -2.24. The van der Waals surface area contributed by atoms with Crippen LogP contribution >= 0.6 is 0 Å². The maximum atomic E-state index is 9.62. The molecule has 0 fully saturated rings. The summed E-state index contributed by atoms with van der Waals surface area (Å²) in [5.41, 5.74) is 3.75. The van der Waals surface area contributed by atoms with Crippen LogP contribution in [0.2, 0.25) is 0 Å². The van der Waals surface area contributed by atoms with Gasteiger partial charge in [0.15, 0.2) is 11.5 Å². The van der Waals surface area contributed by atoms with E-state index in [9.17, 15) is 5.11 Å². The summed E-state index contributed by atoms with van der Waals surface area (Å²) in [4.78, 5) is 0. The second kappa shape index (κ2) is 6.08. The molecule has 1 aliphatic heterocycles. The van der Waals surface area contributed by atoms with Crippen LogP contribution in [0.1, 0.15) is 25.8 Å². The van der Waals surface area contributed by atoms with Crippen LogP contribution in [-0.4, -0.2) is 35.4 Å². The van der Waals surface area contributed by atoms with Crippen LogP contribution in [0.25, 0.3) is 0 Å². The predicted octanol–water partition coefficient (Wildman–Crippen LogP) is 1.71. The van der Waals surface area contributed by atoms with Crippen molar-refractivity contribution in [2.75, 3.05) is 13.3 Å². The molecule has 19 heavy (non-hydrogen) atoms. The number of phenolic OH excluding ortho intramolecular Hbond substituents is 1. The molecule has 2 N–H and O–H groups in total. The number of hydrogen-bond donors (Lipinski definition) is 2. The van der Waals surface area contributed by atoms with Gasteiger partial charge in [-0.3, -0.25) is 5.43 Å². The summed E-state index contributed by atoms with van der Waals surface area (Å²) >= 11 is 0. The zero-order valence-corrected chi connectivity index (χ0v) is 11.1. The number of rotatable bonds is 5. The average Bonchev–Trinajstić information content (AvgIpc) is 2.87. The van der Waals surface area contributed by atoms with Gasteiger partial charge in [-0.1, -0.05) is 6.92 Å². The summed E-state index contributed by atoms with van der Waals surface area (Å²) < 4.78 is 5.33. The van der Waals surface area contributed by atoms with E-state index in [1.54, 1.807) is 29.4 Å². The second-order valence-corrected chi connectivity index (χ2v) is 4.00. The van der Waals surface area contributed by atoms with Gasteiger partial charge in [0.2, 0.25) is 0 Å². The lowest BCUT2D eigenvalue weighted by molar-refractivity contribution is 0.318. The number of hydrogen-bond acceptors (Lipinski definition) is 6. The Kier molecular flexibility index (Phi) is 4.22. The first-order valence-corrected chi connectivity index (χ1v) is 6.31. The highest BCUT2D eigenvalue weighted by Crippen LogP contribution is 2.26. The normalized spacial score (nSPS) is 14.6. The van der Waals surface area contributed by atoms with Crippen molar-refractivity contribution >= 4 is 12.1 Å². The highest BCUT2D eigenvalue weighted by Gasteiger charge is 2.12. The molecule has 2 rings (SSSR count). The summed E-state index contributed by atoms with van der Waals surface area (Å²) in [6, 6.07) is 5.14. The van der Waals surface area contributed by atoms with Gasteiger partial charge >= 0.3 is 0 Å². The van der Waals surface area contributed by atoms with Gasteiger partial charge in [-0.2, -0.15) is 10.2 Å². The molecule has 0 radical (unpaired) electrons. The van der Waals surface area contributed by atoms with Crippen molar-refractivity contribution in [1.82, 2.24) is 10.4 Å². The third-order valence-electron chi connectivity index (χ3n) is 2.67. The quantitative estimate of drug-likeness (QED) is 0.793. The van der Waals surface area contributed by atoms with Crippen LogP contribution in [0.4, 0.5) is 0 Å². The van der Waals surface area contributed by atoms with Gasteiger partial charge in [0.25, 0.3) is 0 Å². The zero-order chi connectivity index (χ0) is 13.7. The Balaban J connectivity index is 2.10. The van der Waals surface area contributed by atoms with Gasteiger partial charge in [-0.05, 0) is 30.7 Å². The van der Waals surface area contributed by atoms with Crippen molar-refractivity contribution in [3.8, 4) is 11.5 Å². The molecule has 0 saturated heterocycles. The molecule has 0 atom stereocenters. The number of phenols is 1. The smallest absolute Gasteiger partial charge is 0.161 e. The molecule has 0 bridgehead atoms.